The zero-order valence-corrected chi connectivity index (χ0v) is 7.50. The summed E-state index contributed by atoms with van der Waals surface area (Å²) in [4.78, 5) is 22.4. The maximum atomic E-state index is 11.3. The zero-order valence-electron chi connectivity index (χ0n) is 7.50. The average molecular weight is 170 g/mol. The lowest BCUT2D eigenvalue weighted by molar-refractivity contribution is -0.152. The van der Waals surface area contributed by atoms with Crippen LogP contribution >= 0.6 is 0 Å². The second kappa shape index (κ2) is 3.70. The average Bonchev–Trinajstić information content (AvgIpc) is 2.03. The van der Waals surface area contributed by atoms with E-state index in [1.54, 1.807) is 0 Å². The van der Waals surface area contributed by atoms with Crippen molar-refractivity contribution >= 4 is 11.8 Å². The number of ether oxygens (including phenoxy) is 1. The van der Waals surface area contributed by atoms with E-state index < -0.39 is 5.92 Å². The van der Waals surface area contributed by atoms with Gasteiger partial charge in [0.25, 0.3) is 0 Å². The third-order valence-corrected chi connectivity index (χ3v) is 2.45. The smallest absolute Gasteiger partial charge is 0.316 e. The number of rotatable bonds is 1. The van der Waals surface area contributed by atoms with E-state index >= 15 is 0 Å². The second-order valence-electron chi connectivity index (χ2n) is 3.34. The molecule has 0 aromatic rings. The summed E-state index contributed by atoms with van der Waals surface area (Å²) in [5.74, 6) is -0.671. The Morgan fingerprint density at radius 2 is 2.25 bits per heavy atom. The first-order valence-corrected chi connectivity index (χ1v) is 4.27. The number of esters is 1. The van der Waals surface area contributed by atoms with Crippen LogP contribution in [0.4, 0.5) is 0 Å². The number of carbonyl (C=O) groups excluding carboxylic acids is 2. The fraction of sp³-hybridized carbons (Fsp3) is 0.778. The van der Waals surface area contributed by atoms with Gasteiger partial charge in [0.05, 0.1) is 7.11 Å². The summed E-state index contributed by atoms with van der Waals surface area (Å²) in [7, 11) is 1.33. The quantitative estimate of drug-likeness (QED) is 0.438. The summed E-state index contributed by atoms with van der Waals surface area (Å²) in [6.45, 7) is 1.93. The molecule has 0 unspecified atom stereocenters. The van der Waals surface area contributed by atoms with Crippen LogP contribution in [0.5, 0.6) is 0 Å². The van der Waals surface area contributed by atoms with Crippen LogP contribution in [-0.2, 0) is 14.3 Å². The number of hydrogen-bond donors (Lipinski definition) is 0. The number of Topliss-reactive ketones (excluding diaryl/α,β-unsaturated/α-hetero) is 1. The molecule has 0 radical (unpaired) electrons. The Morgan fingerprint density at radius 1 is 1.58 bits per heavy atom. The highest BCUT2D eigenvalue weighted by Crippen LogP contribution is 2.27. The van der Waals surface area contributed by atoms with E-state index in [9.17, 15) is 9.59 Å². The van der Waals surface area contributed by atoms with Gasteiger partial charge >= 0.3 is 5.97 Å². The predicted molar refractivity (Wildman–Crippen MR) is 43.5 cm³/mol. The van der Waals surface area contributed by atoms with Crippen LogP contribution in [0, 0.1) is 11.8 Å². The first-order valence-electron chi connectivity index (χ1n) is 4.27. The topological polar surface area (TPSA) is 43.4 Å². The standard InChI is InChI=1S/C9H14O3/c1-6-4-3-5-7(10)8(6)9(11)12-2/h6,8H,3-5H2,1-2H3/t6-,8+/m0/s1. The van der Waals surface area contributed by atoms with E-state index in [1.165, 1.54) is 7.11 Å². The van der Waals surface area contributed by atoms with Gasteiger partial charge in [-0.3, -0.25) is 9.59 Å². The highest BCUT2D eigenvalue weighted by Gasteiger charge is 2.35. The van der Waals surface area contributed by atoms with Crippen molar-refractivity contribution in [1.29, 1.82) is 0 Å². The van der Waals surface area contributed by atoms with Crippen LogP contribution in [0.2, 0.25) is 0 Å². The van der Waals surface area contributed by atoms with Crippen LogP contribution in [0.25, 0.3) is 0 Å². The van der Waals surface area contributed by atoms with Crippen LogP contribution in [0.15, 0.2) is 0 Å². The highest BCUT2D eigenvalue weighted by atomic mass is 16.5. The van der Waals surface area contributed by atoms with Crippen molar-refractivity contribution in [2.75, 3.05) is 7.11 Å². The van der Waals surface area contributed by atoms with Crippen LogP contribution < -0.4 is 0 Å². The number of ketones is 1. The number of methoxy groups -OCH3 is 1. The van der Waals surface area contributed by atoms with Crippen LogP contribution in [0.1, 0.15) is 26.2 Å². The van der Waals surface area contributed by atoms with Gasteiger partial charge in [0.15, 0.2) is 0 Å². The van der Waals surface area contributed by atoms with Crippen molar-refractivity contribution in [2.24, 2.45) is 11.8 Å². The van der Waals surface area contributed by atoms with Gasteiger partial charge in [-0.1, -0.05) is 6.92 Å². The summed E-state index contributed by atoms with van der Waals surface area (Å²) >= 11 is 0. The third kappa shape index (κ3) is 1.65. The molecule has 3 nitrogen and oxygen atoms in total. The van der Waals surface area contributed by atoms with Gasteiger partial charge in [-0.05, 0) is 18.8 Å². The van der Waals surface area contributed by atoms with Gasteiger partial charge in [0.2, 0.25) is 0 Å². The SMILES string of the molecule is COC(=O)[C@H]1C(=O)CCC[C@@H]1C. The Bertz CT molecular complexity index is 190. The zero-order chi connectivity index (χ0) is 9.14. The van der Waals surface area contributed by atoms with Gasteiger partial charge in [0.1, 0.15) is 11.7 Å². The molecule has 0 aliphatic heterocycles. The monoisotopic (exact) mass is 170 g/mol. The minimum atomic E-state index is -0.497. The molecule has 0 aromatic carbocycles. The molecule has 0 N–H and O–H groups in total. The van der Waals surface area contributed by atoms with E-state index in [0.29, 0.717) is 6.42 Å². The lowest BCUT2D eigenvalue weighted by Gasteiger charge is -2.24. The van der Waals surface area contributed by atoms with E-state index in [1.807, 2.05) is 6.92 Å². The molecule has 0 aromatic heterocycles. The molecule has 1 aliphatic rings. The summed E-state index contributed by atoms with van der Waals surface area (Å²) in [6.07, 6.45) is 2.39. The third-order valence-electron chi connectivity index (χ3n) is 2.45. The maximum Gasteiger partial charge on any atom is 0.316 e. The van der Waals surface area contributed by atoms with Gasteiger partial charge in [0, 0.05) is 6.42 Å². The molecule has 0 bridgehead atoms. The van der Waals surface area contributed by atoms with Crippen molar-refractivity contribution in [3.8, 4) is 0 Å². The summed E-state index contributed by atoms with van der Waals surface area (Å²) < 4.78 is 4.57. The molecule has 1 rings (SSSR count). The minimum Gasteiger partial charge on any atom is -0.468 e. The molecular weight excluding hydrogens is 156 g/mol. The second-order valence-corrected chi connectivity index (χ2v) is 3.34. The fourth-order valence-electron chi connectivity index (χ4n) is 1.73. The Morgan fingerprint density at radius 3 is 2.75 bits per heavy atom. The summed E-state index contributed by atoms with van der Waals surface area (Å²) in [5, 5.41) is 0. The van der Waals surface area contributed by atoms with Gasteiger partial charge in [-0.2, -0.15) is 0 Å². The Balaban J connectivity index is 2.69. The van der Waals surface area contributed by atoms with E-state index in [-0.39, 0.29) is 17.7 Å². The molecule has 1 fully saturated rings. The van der Waals surface area contributed by atoms with Gasteiger partial charge in [-0.25, -0.2) is 0 Å². The Labute approximate surface area is 72.1 Å². The molecule has 3 heteroatoms. The lowest BCUT2D eigenvalue weighted by Crippen LogP contribution is -2.34. The molecular formula is C9H14O3. The lowest BCUT2D eigenvalue weighted by atomic mass is 9.79. The molecule has 2 atom stereocenters. The van der Waals surface area contributed by atoms with Crippen molar-refractivity contribution in [3.05, 3.63) is 0 Å². The largest absolute Gasteiger partial charge is 0.468 e. The Hall–Kier alpha value is -0.860. The number of hydrogen-bond acceptors (Lipinski definition) is 3. The van der Waals surface area contributed by atoms with E-state index in [4.69, 9.17) is 0 Å². The minimum absolute atomic E-state index is 0.0422. The molecule has 0 spiro atoms. The molecule has 12 heavy (non-hydrogen) atoms. The molecule has 0 saturated heterocycles. The maximum absolute atomic E-state index is 11.3. The van der Waals surface area contributed by atoms with E-state index in [2.05, 4.69) is 4.74 Å². The van der Waals surface area contributed by atoms with E-state index in [0.717, 1.165) is 12.8 Å². The number of carbonyl (C=O) groups is 2. The van der Waals surface area contributed by atoms with Crippen molar-refractivity contribution < 1.29 is 14.3 Å². The predicted octanol–water partition coefficient (Wildman–Crippen LogP) is 1.16. The molecule has 1 aliphatic carbocycles. The Kier molecular flexibility index (Phi) is 2.84. The fourth-order valence-corrected chi connectivity index (χ4v) is 1.73. The van der Waals surface area contributed by atoms with Crippen LogP contribution in [0.3, 0.4) is 0 Å². The van der Waals surface area contributed by atoms with Gasteiger partial charge < -0.3 is 4.74 Å². The first kappa shape index (κ1) is 9.23. The van der Waals surface area contributed by atoms with Crippen LogP contribution in [-0.4, -0.2) is 18.9 Å². The summed E-state index contributed by atoms with van der Waals surface area (Å²) in [5.41, 5.74) is 0. The molecule has 0 heterocycles. The molecule has 68 valence electrons. The van der Waals surface area contributed by atoms with Crippen molar-refractivity contribution in [1.82, 2.24) is 0 Å². The highest BCUT2D eigenvalue weighted by molar-refractivity contribution is 5.99. The molecule has 1 saturated carbocycles. The van der Waals surface area contributed by atoms with Crippen molar-refractivity contribution in [3.63, 3.8) is 0 Å². The summed E-state index contributed by atoms with van der Waals surface area (Å²) in [6, 6.07) is 0. The first-order chi connectivity index (χ1) is 5.66. The molecule has 0 amide bonds. The van der Waals surface area contributed by atoms with Crippen molar-refractivity contribution in [2.45, 2.75) is 26.2 Å². The van der Waals surface area contributed by atoms with Gasteiger partial charge in [-0.15, -0.1) is 0 Å². The normalized spacial score (nSPS) is 30.0.